The predicted molar refractivity (Wildman–Crippen MR) is 140 cm³/mol. The van der Waals surface area contributed by atoms with E-state index >= 15 is 4.39 Å². The fraction of sp³-hybridized carbons (Fsp3) is 0.625. The van der Waals surface area contributed by atoms with Crippen LogP contribution in [0.2, 0.25) is 0 Å². The molecule has 224 valence electrons. The van der Waals surface area contributed by atoms with Crippen LogP contribution in [0.1, 0.15) is 26.0 Å². The van der Waals surface area contributed by atoms with Crippen LogP contribution in [0, 0.1) is 23.2 Å². The van der Waals surface area contributed by atoms with Crippen LogP contribution in [-0.4, -0.2) is 91.6 Å². The Bertz CT molecular complexity index is 1410. The molecule has 2 fully saturated rings. The number of hydrogen-bond donors (Lipinski definition) is 4. The molecule has 1 saturated heterocycles. The summed E-state index contributed by atoms with van der Waals surface area (Å²) < 4.78 is 49.7. The summed E-state index contributed by atoms with van der Waals surface area (Å²) in [7, 11) is -3.40. The van der Waals surface area contributed by atoms with E-state index in [-0.39, 0.29) is 53.7 Å². The van der Waals surface area contributed by atoms with E-state index in [2.05, 4.69) is 19.9 Å². The number of aliphatic imine (C=N–C) groups is 1. The first kappa shape index (κ1) is 29.6. The summed E-state index contributed by atoms with van der Waals surface area (Å²) in [6.45, 7) is 0.919. The van der Waals surface area contributed by atoms with Crippen LogP contribution in [0.5, 0.6) is 0 Å². The van der Waals surface area contributed by atoms with Crippen molar-refractivity contribution in [3.63, 3.8) is 0 Å². The highest BCUT2D eigenvalue weighted by Crippen LogP contribution is 2.55. The summed E-state index contributed by atoms with van der Waals surface area (Å²) in [6.07, 6.45) is 0.471. The van der Waals surface area contributed by atoms with Crippen molar-refractivity contribution in [2.75, 3.05) is 32.7 Å². The van der Waals surface area contributed by atoms with E-state index in [1.54, 1.807) is 0 Å². The van der Waals surface area contributed by atoms with Gasteiger partial charge in [0.1, 0.15) is 29.8 Å². The van der Waals surface area contributed by atoms with Crippen LogP contribution < -0.4 is 5.73 Å². The number of rotatable bonds is 10. The molecule has 1 saturated carbocycles. The van der Waals surface area contributed by atoms with Crippen molar-refractivity contribution in [1.82, 2.24) is 19.5 Å². The number of halogens is 1. The second-order valence-corrected chi connectivity index (χ2v) is 12.1. The van der Waals surface area contributed by atoms with Crippen molar-refractivity contribution in [2.24, 2.45) is 28.2 Å². The molecule has 3 aliphatic rings. The molecule has 4 heterocycles. The fourth-order valence-corrected chi connectivity index (χ4v) is 6.57. The van der Waals surface area contributed by atoms with Gasteiger partial charge in [-0.25, -0.2) is 28.7 Å². The normalized spacial score (nSPS) is 34.7. The average molecular weight is 599 g/mol. The molecule has 1 aliphatic carbocycles. The molecule has 5 rings (SSSR count). The number of nitrogens with zero attached hydrogens (tertiary/aromatic N) is 5. The van der Waals surface area contributed by atoms with Gasteiger partial charge in [-0.15, -0.1) is 0 Å². The van der Waals surface area contributed by atoms with E-state index in [9.17, 15) is 24.5 Å². The Kier molecular flexibility index (Phi) is 8.27. The Hall–Kier alpha value is -2.85. The predicted octanol–water partition coefficient (Wildman–Crippen LogP) is 0.921. The molecular weight excluding hydrogens is 566 g/mol. The molecule has 15 nitrogen and oxygen atoms in total. The molecule has 5 N–H and O–H groups in total. The fourth-order valence-electron chi connectivity index (χ4n) is 5.80. The summed E-state index contributed by atoms with van der Waals surface area (Å²) in [4.78, 5) is 38.4. The monoisotopic (exact) mass is 598 g/mol. The number of phosphoric acid groups is 1. The van der Waals surface area contributed by atoms with Gasteiger partial charge in [0.05, 0.1) is 26.7 Å². The van der Waals surface area contributed by atoms with Gasteiger partial charge in [-0.3, -0.25) is 18.6 Å². The maximum Gasteiger partial charge on any atom is 0.472 e. The summed E-state index contributed by atoms with van der Waals surface area (Å²) in [5.41, 5.74) is 5.93. The van der Waals surface area contributed by atoms with Gasteiger partial charge in [-0.2, -0.15) is 0 Å². The minimum Gasteiger partial charge on any atom is -0.465 e. The summed E-state index contributed by atoms with van der Waals surface area (Å²) >= 11 is 0. The minimum atomic E-state index is -4.68. The second kappa shape index (κ2) is 11.4. The zero-order chi connectivity index (χ0) is 29.5. The lowest BCUT2D eigenvalue weighted by molar-refractivity contribution is -0.133. The Morgan fingerprint density at radius 3 is 2.80 bits per heavy atom. The van der Waals surface area contributed by atoms with E-state index < -0.39 is 50.4 Å². The lowest BCUT2D eigenvalue weighted by Crippen LogP contribution is -2.50. The quantitative estimate of drug-likeness (QED) is 0.221. The molecule has 41 heavy (non-hydrogen) atoms. The van der Waals surface area contributed by atoms with E-state index in [0.717, 1.165) is 0 Å². The van der Waals surface area contributed by atoms with Gasteiger partial charge in [0.15, 0.2) is 23.9 Å². The Morgan fingerprint density at radius 2 is 2.07 bits per heavy atom. The number of methoxy groups -OCH3 is 1. The van der Waals surface area contributed by atoms with E-state index in [1.807, 2.05) is 13.0 Å². The zero-order valence-electron chi connectivity index (χ0n) is 22.3. The van der Waals surface area contributed by atoms with Crippen LogP contribution >= 0.6 is 7.82 Å². The SMILES string of the molecule is COC(=O)C1=NC=CC(C)([C@@H]2C[C@H](CO)[C@H]2COP(=O)(O)OC[C@H]2O[C@@H](n3cnc4c(N)ncnc43)[C@H](F)[C@@H]2O)C1. The molecule has 0 amide bonds. The number of aliphatic hydroxyl groups excluding tert-OH is 2. The number of carbonyl (C=O) groups is 1. The highest BCUT2D eigenvalue weighted by atomic mass is 31.2. The van der Waals surface area contributed by atoms with Crippen LogP contribution in [0.15, 0.2) is 29.9 Å². The Balaban J connectivity index is 1.19. The van der Waals surface area contributed by atoms with Gasteiger partial charge in [-0.1, -0.05) is 13.0 Å². The molecule has 0 aromatic carbocycles. The third-order valence-corrected chi connectivity index (χ3v) is 9.15. The number of esters is 1. The number of aromatic nitrogens is 4. The average Bonchev–Trinajstić information content (AvgIpc) is 3.48. The molecule has 17 heteroatoms. The van der Waals surface area contributed by atoms with Crippen molar-refractivity contribution < 1.29 is 47.4 Å². The van der Waals surface area contributed by atoms with Crippen molar-refractivity contribution in [1.29, 1.82) is 0 Å². The first-order chi connectivity index (χ1) is 19.5. The molecule has 9 atom stereocenters. The largest absolute Gasteiger partial charge is 0.472 e. The molecule has 2 unspecified atom stereocenters. The molecule has 0 spiro atoms. The van der Waals surface area contributed by atoms with Crippen molar-refractivity contribution >= 4 is 36.5 Å². The minimum absolute atomic E-state index is 0.0867. The van der Waals surface area contributed by atoms with Gasteiger partial charge in [0.25, 0.3) is 0 Å². The van der Waals surface area contributed by atoms with Gasteiger partial charge in [-0.05, 0) is 29.6 Å². The van der Waals surface area contributed by atoms with Gasteiger partial charge in [0, 0.05) is 19.2 Å². The summed E-state index contributed by atoms with van der Waals surface area (Å²) in [5, 5.41) is 20.2. The third kappa shape index (κ3) is 5.65. The smallest absolute Gasteiger partial charge is 0.465 e. The van der Waals surface area contributed by atoms with Crippen LogP contribution in [-0.2, 0) is 27.9 Å². The van der Waals surface area contributed by atoms with E-state index in [4.69, 9.17) is 24.3 Å². The first-order valence-corrected chi connectivity index (χ1v) is 14.4. The molecular formula is C24H32FN6O9P. The summed E-state index contributed by atoms with van der Waals surface area (Å²) in [5.74, 6) is -1.06. The third-order valence-electron chi connectivity index (χ3n) is 8.20. The maximum absolute atomic E-state index is 15.0. The number of nitrogen functional groups attached to an aromatic ring is 1. The van der Waals surface area contributed by atoms with Gasteiger partial charge in [0.2, 0.25) is 0 Å². The molecule has 2 aromatic heterocycles. The molecule has 0 bridgehead atoms. The lowest BCUT2D eigenvalue weighted by Gasteiger charge is -2.52. The zero-order valence-corrected chi connectivity index (χ0v) is 23.2. The topological polar surface area (TPSA) is 214 Å². The van der Waals surface area contributed by atoms with Gasteiger partial charge >= 0.3 is 13.8 Å². The number of phosphoric ester groups is 1. The summed E-state index contributed by atoms with van der Waals surface area (Å²) in [6, 6.07) is 0. The molecule has 2 aromatic rings. The number of imidazole rings is 1. The van der Waals surface area contributed by atoms with Crippen LogP contribution in [0.3, 0.4) is 0 Å². The van der Waals surface area contributed by atoms with Crippen LogP contribution in [0.4, 0.5) is 10.2 Å². The number of carbonyl (C=O) groups excluding carboxylic acids is 1. The number of nitrogens with two attached hydrogens (primary N) is 1. The van der Waals surface area contributed by atoms with Crippen molar-refractivity contribution in [3.05, 3.63) is 24.9 Å². The van der Waals surface area contributed by atoms with E-state index in [0.29, 0.717) is 12.8 Å². The van der Waals surface area contributed by atoms with Crippen molar-refractivity contribution in [2.45, 2.75) is 44.4 Å². The standard InChI is InChI=1S/C24H32FN6O9P/c1-24(3-4-27-15(6-24)23(34)37-2)14-5-12(7-32)13(14)8-38-41(35,36)39-9-16-19(33)17(25)22(40-16)31-11-30-18-20(26)28-10-29-21(18)31/h3-4,10-14,16-17,19,22,32-33H,5-9H2,1-2H3,(H,35,36)(H2,26,28,29)/t12-,13-,14-,16-,17-,19-,22-,24?/m1/s1. The lowest BCUT2D eigenvalue weighted by atomic mass is 9.53. The Morgan fingerprint density at radius 1 is 1.32 bits per heavy atom. The number of anilines is 1. The maximum atomic E-state index is 15.0. The van der Waals surface area contributed by atoms with Crippen molar-refractivity contribution in [3.8, 4) is 0 Å². The number of ether oxygens (including phenoxy) is 2. The van der Waals surface area contributed by atoms with Crippen LogP contribution in [0.25, 0.3) is 11.2 Å². The molecule has 0 radical (unpaired) electrons. The number of fused-ring (bicyclic) bond motifs is 1. The Labute approximate surface area is 233 Å². The number of allylic oxidation sites excluding steroid dienone is 1. The highest BCUT2D eigenvalue weighted by Gasteiger charge is 2.51. The van der Waals surface area contributed by atoms with E-state index in [1.165, 1.54) is 30.5 Å². The number of alkyl halides is 1. The van der Waals surface area contributed by atoms with Gasteiger partial charge < -0.3 is 30.3 Å². The molecule has 2 aliphatic heterocycles. The second-order valence-electron chi connectivity index (χ2n) is 10.7. The number of hydrogen-bond acceptors (Lipinski definition) is 13. The first-order valence-electron chi connectivity index (χ1n) is 12.9. The number of aliphatic hydroxyl groups is 2. The highest BCUT2D eigenvalue weighted by molar-refractivity contribution is 7.47.